The van der Waals surface area contributed by atoms with Gasteiger partial charge in [0.2, 0.25) is 5.91 Å². The Labute approximate surface area is 152 Å². The number of hydrogen-bond donors (Lipinski definition) is 1. The Bertz CT molecular complexity index is 773. The summed E-state index contributed by atoms with van der Waals surface area (Å²) in [6.07, 6.45) is 1.64. The molecule has 24 heavy (non-hydrogen) atoms. The highest BCUT2D eigenvalue weighted by Gasteiger charge is 2.15. The second kappa shape index (κ2) is 8.12. The Kier molecular flexibility index (Phi) is 5.66. The molecular formula is C17H14BrN3O2S. The number of ether oxygens (including phenoxy) is 1. The van der Waals surface area contributed by atoms with E-state index in [1.165, 1.54) is 11.8 Å². The van der Waals surface area contributed by atoms with E-state index in [9.17, 15) is 4.79 Å². The first-order chi connectivity index (χ1) is 11.7. The van der Waals surface area contributed by atoms with Crippen LogP contribution in [0.1, 0.15) is 11.1 Å². The molecule has 0 aliphatic carbocycles. The van der Waals surface area contributed by atoms with Crippen LogP contribution in [-0.4, -0.2) is 23.0 Å². The molecule has 0 aromatic heterocycles. The van der Waals surface area contributed by atoms with E-state index in [-0.39, 0.29) is 5.91 Å². The molecule has 0 radical (unpaired) electrons. The maximum Gasteiger partial charge on any atom is 0.236 e. The van der Waals surface area contributed by atoms with E-state index >= 15 is 0 Å². The number of amides is 1. The molecule has 0 spiro atoms. The quantitative estimate of drug-likeness (QED) is 0.612. The van der Waals surface area contributed by atoms with Gasteiger partial charge in [-0.3, -0.25) is 4.79 Å². The lowest BCUT2D eigenvalue weighted by atomic mass is 10.2. The molecule has 3 rings (SSSR count). The van der Waals surface area contributed by atoms with E-state index in [1.807, 2.05) is 48.5 Å². The number of rotatable bonds is 5. The normalized spacial score (nSPS) is 15.9. The average molecular weight is 404 g/mol. The molecule has 1 N–H and O–H groups in total. The molecule has 5 nitrogen and oxygen atoms in total. The maximum absolute atomic E-state index is 11.0. The Morgan fingerprint density at radius 3 is 2.58 bits per heavy atom. The molecule has 1 heterocycles. The third-order valence-corrected chi connectivity index (χ3v) is 4.53. The second-order valence-corrected chi connectivity index (χ2v) is 6.85. The van der Waals surface area contributed by atoms with Gasteiger partial charge in [0.1, 0.15) is 12.4 Å². The zero-order chi connectivity index (χ0) is 16.8. The highest BCUT2D eigenvalue weighted by Crippen LogP contribution is 2.15. The van der Waals surface area contributed by atoms with Crippen LogP contribution in [0.25, 0.3) is 0 Å². The smallest absolute Gasteiger partial charge is 0.236 e. The molecule has 0 unspecified atom stereocenters. The van der Waals surface area contributed by atoms with Crippen LogP contribution in [0.4, 0.5) is 0 Å². The van der Waals surface area contributed by atoms with Crippen LogP contribution < -0.4 is 10.1 Å². The minimum Gasteiger partial charge on any atom is -0.489 e. The first-order valence-corrected chi connectivity index (χ1v) is 8.98. The van der Waals surface area contributed by atoms with Gasteiger partial charge in [-0.2, -0.15) is 5.10 Å². The summed E-state index contributed by atoms with van der Waals surface area (Å²) >= 11 is 4.76. The molecule has 7 heteroatoms. The third kappa shape index (κ3) is 4.94. The van der Waals surface area contributed by atoms with Crippen molar-refractivity contribution in [2.45, 2.75) is 6.61 Å². The van der Waals surface area contributed by atoms with Crippen molar-refractivity contribution >= 4 is 45.0 Å². The van der Waals surface area contributed by atoms with Crippen LogP contribution in [0.5, 0.6) is 5.75 Å². The summed E-state index contributed by atoms with van der Waals surface area (Å²) in [7, 11) is 0. The summed E-state index contributed by atoms with van der Waals surface area (Å²) in [5.74, 6) is 1.15. The first kappa shape index (κ1) is 16.7. The van der Waals surface area contributed by atoms with Gasteiger partial charge in [-0.1, -0.05) is 39.8 Å². The zero-order valence-corrected chi connectivity index (χ0v) is 15.0. The lowest BCUT2D eigenvalue weighted by molar-refractivity contribution is -0.116. The standard InChI is InChI=1S/C17H14BrN3O2S/c18-14-5-1-13(2-6-14)10-23-15-7-3-12(4-8-15)9-19-21-17-20-16(22)11-24-17/h1-9H,10-11H2,(H,20,21,22)/b19-9-. The fourth-order valence-corrected chi connectivity index (χ4v) is 2.82. The molecule has 1 fully saturated rings. The van der Waals surface area contributed by atoms with Crippen LogP contribution in [-0.2, 0) is 11.4 Å². The number of nitrogens with zero attached hydrogens (tertiary/aromatic N) is 2. The van der Waals surface area contributed by atoms with Crippen molar-refractivity contribution in [2.24, 2.45) is 10.2 Å². The van der Waals surface area contributed by atoms with Gasteiger partial charge in [-0.25, -0.2) is 0 Å². The van der Waals surface area contributed by atoms with Gasteiger partial charge < -0.3 is 10.1 Å². The molecule has 2 aromatic carbocycles. The highest BCUT2D eigenvalue weighted by molar-refractivity contribution is 9.10. The van der Waals surface area contributed by atoms with E-state index in [2.05, 4.69) is 31.4 Å². The highest BCUT2D eigenvalue weighted by atomic mass is 79.9. The lowest BCUT2D eigenvalue weighted by Crippen LogP contribution is -2.19. The van der Waals surface area contributed by atoms with Crippen LogP contribution in [0.15, 0.2) is 63.2 Å². The molecule has 1 aliphatic heterocycles. The van der Waals surface area contributed by atoms with Gasteiger partial charge in [0.15, 0.2) is 5.17 Å². The fourth-order valence-electron chi connectivity index (χ4n) is 1.92. The Balaban J connectivity index is 1.53. The summed E-state index contributed by atoms with van der Waals surface area (Å²) in [5.41, 5.74) is 2.01. The summed E-state index contributed by atoms with van der Waals surface area (Å²) in [5, 5.41) is 11.1. The number of amidine groups is 1. The second-order valence-electron chi connectivity index (χ2n) is 4.97. The molecular weight excluding hydrogens is 390 g/mol. The van der Waals surface area contributed by atoms with E-state index in [1.54, 1.807) is 6.21 Å². The molecule has 1 saturated heterocycles. The van der Waals surface area contributed by atoms with Crippen LogP contribution >= 0.6 is 27.7 Å². The van der Waals surface area contributed by atoms with Crippen LogP contribution in [0, 0.1) is 0 Å². The van der Waals surface area contributed by atoms with E-state index < -0.39 is 0 Å². The fraction of sp³-hybridized carbons (Fsp3) is 0.118. The van der Waals surface area contributed by atoms with Gasteiger partial charge in [0, 0.05) is 4.47 Å². The summed E-state index contributed by atoms with van der Waals surface area (Å²) in [6.45, 7) is 0.519. The minimum absolute atomic E-state index is 0.0405. The average Bonchev–Trinajstić information content (AvgIpc) is 3.01. The predicted octanol–water partition coefficient (Wildman–Crippen LogP) is 3.58. The topological polar surface area (TPSA) is 63.0 Å². The summed E-state index contributed by atoms with van der Waals surface area (Å²) < 4.78 is 6.80. The SMILES string of the molecule is O=C1CSC(=N/N=C\c2ccc(OCc3ccc(Br)cc3)cc2)N1. The third-order valence-electron chi connectivity index (χ3n) is 3.14. The van der Waals surface area contributed by atoms with Gasteiger partial charge >= 0.3 is 0 Å². The molecule has 122 valence electrons. The molecule has 2 aromatic rings. The number of hydrogen-bond acceptors (Lipinski definition) is 5. The zero-order valence-electron chi connectivity index (χ0n) is 12.6. The number of halogens is 1. The van der Waals surface area contributed by atoms with Crippen molar-refractivity contribution in [1.29, 1.82) is 0 Å². The van der Waals surface area contributed by atoms with Gasteiger partial charge in [0.25, 0.3) is 0 Å². The molecule has 0 bridgehead atoms. The molecule has 0 saturated carbocycles. The molecule has 0 atom stereocenters. The van der Waals surface area contributed by atoms with Crippen LogP contribution in [0.3, 0.4) is 0 Å². The number of carbonyl (C=O) groups excluding carboxylic acids is 1. The van der Waals surface area contributed by atoms with Crippen LogP contribution in [0.2, 0.25) is 0 Å². The van der Waals surface area contributed by atoms with Gasteiger partial charge in [0.05, 0.1) is 12.0 Å². The van der Waals surface area contributed by atoms with Crippen molar-refractivity contribution in [3.63, 3.8) is 0 Å². The lowest BCUT2D eigenvalue weighted by Gasteiger charge is -2.06. The first-order valence-electron chi connectivity index (χ1n) is 7.20. The van der Waals surface area contributed by atoms with Crippen molar-refractivity contribution in [1.82, 2.24) is 5.32 Å². The minimum atomic E-state index is -0.0405. The Morgan fingerprint density at radius 1 is 1.17 bits per heavy atom. The Hall–Kier alpha value is -2.12. The number of nitrogens with one attached hydrogen (secondary N) is 1. The maximum atomic E-state index is 11.0. The predicted molar refractivity (Wildman–Crippen MR) is 101 cm³/mol. The summed E-state index contributed by atoms with van der Waals surface area (Å²) in [6, 6.07) is 15.6. The largest absolute Gasteiger partial charge is 0.489 e. The number of benzene rings is 2. The van der Waals surface area contributed by atoms with Gasteiger partial charge in [-0.05, 0) is 47.5 Å². The van der Waals surface area contributed by atoms with Crippen molar-refractivity contribution in [3.05, 3.63) is 64.1 Å². The monoisotopic (exact) mass is 403 g/mol. The van der Waals surface area contributed by atoms with E-state index in [4.69, 9.17) is 4.74 Å². The number of thioether (sulfide) groups is 1. The van der Waals surface area contributed by atoms with Crippen molar-refractivity contribution < 1.29 is 9.53 Å². The van der Waals surface area contributed by atoms with Crippen molar-refractivity contribution in [2.75, 3.05) is 5.75 Å². The van der Waals surface area contributed by atoms with E-state index in [0.717, 1.165) is 21.3 Å². The summed E-state index contributed by atoms with van der Waals surface area (Å²) in [4.78, 5) is 11.0. The molecule has 1 amide bonds. The van der Waals surface area contributed by atoms with Gasteiger partial charge in [-0.15, -0.1) is 5.10 Å². The van der Waals surface area contributed by atoms with E-state index in [0.29, 0.717) is 17.5 Å². The molecule has 1 aliphatic rings. The Morgan fingerprint density at radius 2 is 1.92 bits per heavy atom. The number of carbonyl (C=O) groups is 1. The van der Waals surface area contributed by atoms with Crippen molar-refractivity contribution in [3.8, 4) is 5.75 Å².